The van der Waals surface area contributed by atoms with Crippen molar-refractivity contribution in [1.82, 2.24) is 15.1 Å². The molecule has 0 bridgehead atoms. The van der Waals surface area contributed by atoms with Gasteiger partial charge in [0.05, 0.1) is 19.8 Å². The molecule has 7 heteroatoms. The molecule has 1 unspecified atom stereocenters. The highest BCUT2D eigenvalue weighted by Crippen LogP contribution is 2.24. The van der Waals surface area contributed by atoms with Gasteiger partial charge in [-0.1, -0.05) is 43.5 Å². The molecule has 1 aliphatic heterocycles. The van der Waals surface area contributed by atoms with Crippen LogP contribution in [0.3, 0.4) is 0 Å². The zero-order valence-electron chi connectivity index (χ0n) is 20.2. The smallest absolute Gasteiger partial charge is 0.193 e. The van der Waals surface area contributed by atoms with Crippen molar-refractivity contribution >= 4 is 29.9 Å². The standard InChI is InChI=1S/C25H42N4O2.HI/c1-26-25(29-14-13-21(18-29)20-31-16-15-30-3)27-17-22-9-7-8-10-23(22)19-28(2)24-11-5-4-6-12-24;/h7-10,21,24H,4-6,11-20H2,1-3H3,(H,26,27);1H. The van der Waals surface area contributed by atoms with Crippen molar-refractivity contribution in [2.75, 3.05) is 54.1 Å². The van der Waals surface area contributed by atoms with Gasteiger partial charge in [0.2, 0.25) is 0 Å². The highest BCUT2D eigenvalue weighted by Gasteiger charge is 2.25. The minimum Gasteiger partial charge on any atom is -0.382 e. The van der Waals surface area contributed by atoms with Crippen molar-refractivity contribution in [3.8, 4) is 0 Å². The van der Waals surface area contributed by atoms with Crippen molar-refractivity contribution in [2.45, 2.75) is 57.7 Å². The zero-order valence-corrected chi connectivity index (χ0v) is 22.6. The van der Waals surface area contributed by atoms with E-state index in [4.69, 9.17) is 9.47 Å². The minimum absolute atomic E-state index is 0. The van der Waals surface area contributed by atoms with Crippen molar-refractivity contribution < 1.29 is 9.47 Å². The van der Waals surface area contributed by atoms with Crippen LogP contribution < -0.4 is 5.32 Å². The first-order valence-electron chi connectivity index (χ1n) is 12.0. The Morgan fingerprint density at radius 1 is 1.12 bits per heavy atom. The summed E-state index contributed by atoms with van der Waals surface area (Å²) in [6.07, 6.45) is 7.99. The summed E-state index contributed by atoms with van der Waals surface area (Å²) >= 11 is 0. The van der Waals surface area contributed by atoms with Gasteiger partial charge in [-0.2, -0.15) is 0 Å². The molecule has 2 aliphatic rings. The fourth-order valence-electron chi connectivity index (χ4n) is 4.86. The van der Waals surface area contributed by atoms with E-state index in [0.717, 1.165) is 51.2 Å². The van der Waals surface area contributed by atoms with Crippen molar-refractivity contribution in [3.63, 3.8) is 0 Å². The molecule has 6 nitrogen and oxygen atoms in total. The number of methoxy groups -OCH3 is 1. The van der Waals surface area contributed by atoms with Crippen molar-refractivity contribution in [2.24, 2.45) is 10.9 Å². The quantitative estimate of drug-likeness (QED) is 0.203. The fraction of sp³-hybridized carbons (Fsp3) is 0.720. The van der Waals surface area contributed by atoms with Crippen LogP contribution in [0, 0.1) is 5.92 Å². The topological polar surface area (TPSA) is 49.3 Å². The minimum atomic E-state index is 0. The number of guanidine groups is 1. The third kappa shape index (κ3) is 8.47. The van der Waals surface area contributed by atoms with Crippen LogP contribution in [0.1, 0.15) is 49.7 Å². The molecule has 1 saturated heterocycles. The molecule has 3 rings (SSSR count). The molecule has 2 fully saturated rings. The van der Waals surface area contributed by atoms with Gasteiger partial charge in [0.15, 0.2) is 5.96 Å². The second-order valence-corrected chi connectivity index (χ2v) is 9.04. The Hall–Kier alpha value is -0.900. The predicted octanol–water partition coefficient (Wildman–Crippen LogP) is 4.13. The summed E-state index contributed by atoms with van der Waals surface area (Å²) in [5.41, 5.74) is 2.79. The van der Waals surface area contributed by atoms with E-state index in [2.05, 4.69) is 51.4 Å². The van der Waals surface area contributed by atoms with Crippen LogP contribution in [-0.4, -0.2) is 75.9 Å². The summed E-state index contributed by atoms with van der Waals surface area (Å²) < 4.78 is 10.8. The first kappa shape index (κ1) is 27.3. The van der Waals surface area contributed by atoms with E-state index in [1.807, 2.05) is 7.05 Å². The Labute approximate surface area is 212 Å². The van der Waals surface area contributed by atoms with E-state index in [0.29, 0.717) is 19.1 Å². The molecule has 1 aromatic rings. The number of rotatable bonds is 10. The third-order valence-electron chi connectivity index (χ3n) is 6.76. The van der Waals surface area contributed by atoms with E-state index in [9.17, 15) is 0 Å². The molecule has 1 atom stereocenters. The maximum absolute atomic E-state index is 5.74. The number of halogens is 1. The third-order valence-corrected chi connectivity index (χ3v) is 6.76. The van der Waals surface area contributed by atoms with Crippen LogP contribution in [-0.2, 0) is 22.6 Å². The van der Waals surface area contributed by atoms with E-state index < -0.39 is 0 Å². The number of nitrogens with one attached hydrogen (secondary N) is 1. The summed E-state index contributed by atoms with van der Waals surface area (Å²) in [6, 6.07) is 9.57. The van der Waals surface area contributed by atoms with Crippen LogP contribution in [0.25, 0.3) is 0 Å². The van der Waals surface area contributed by atoms with Gasteiger partial charge in [0.1, 0.15) is 0 Å². The Balaban J connectivity index is 0.00000363. The Kier molecular flexibility index (Phi) is 12.9. The summed E-state index contributed by atoms with van der Waals surface area (Å²) in [7, 11) is 5.88. The van der Waals surface area contributed by atoms with E-state index in [1.165, 1.54) is 43.2 Å². The van der Waals surface area contributed by atoms with Crippen LogP contribution in [0.15, 0.2) is 29.3 Å². The lowest BCUT2D eigenvalue weighted by molar-refractivity contribution is 0.0536. The Bertz CT molecular complexity index is 682. The number of hydrogen-bond acceptors (Lipinski definition) is 4. The van der Waals surface area contributed by atoms with Crippen molar-refractivity contribution in [1.29, 1.82) is 0 Å². The van der Waals surface area contributed by atoms with Crippen LogP contribution in [0.4, 0.5) is 0 Å². The monoisotopic (exact) mass is 558 g/mol. The fourth-order valence-corrected chi connectivity index (χ4v) is 4.86. The maximum Gasteiger partial charge on any atom is 0.193 e. The molecule has 1 N–H and O–H groups in total. The number of aliphatic imine (C=N–C) groups is 1. The summed E-state index contributed by atoms with van der Waals surface area (Å²) in [4.78, 5) is 9.47. The second kappa shape index (κ2) is 15.1. The predicted molar refractivity (Wildman–Crippen MR) is 143 cm³/mol. The Morgan fingerprint density at radius 3 is 2.59 bits per heavy atom. The lowest BCUT2D eigenvalue weighted by atomic mass is 9.94. The lowest BCUT2D eigenvalue weighted by Crippen LogP contribution is -2.40. The molecule has 1 heterocycles. The van der Waals surface area contributed by atoms with Crippen molar-refractivity contribution in [3.05, 3.63) is 35.4 Å². The van der Waals surface area contributed by atoms with Crippen LogP contribution >= 0.6 is 24.0 Å². The SMILES string of the molecule is CN=C(NCc1ccccc1CN(C)C1CCCCC1)N1CCC(COCCOC)C1.I. The zero-order chi connectivity index (χ0) is 21.9. The molecule has 0 amide bonds. The molecule has 0 spiro atoms. The number of likely N-dealkylation sites (tertiary alicyclic amines) is 1. The van der Waals surface area contributed by atoms with Gasteiger partial charge in [-0.05, 0) is 37.4 Å². The molecule has 1 aromatic carbocycles. The Morgan fingerprint density at radius 2 is 1.88 bits per heavy atom. The second-order valence-electron chi connectivity index (χ2n) is 9.04. The molecular formula is C25H43IN4O2. The summed E-state index contributed by atoms with van der Waals surface area (Å²) in [6.45, 7) is 6.00. The number of nitrogens with zero attached hydrogens (tertiary/aromatic N) is 3. The van der Waals surface area contributed by atoms with Crippen LogP contribution in [0.2, 0.25) is 0 Å². The van der Waals surface area contributed by atoms with Gasteiger partial charge >= 0.3 is 0 Å². The number of benzene rings is 1. The van der Waals surface area contributed by atoms with E-state index in [-0.39, 0.29) is 24.0 Å². The lowest BCUT2D eigenvalue weighted by Gasteiger charge is -2.31. The average molecular weight is 559 g/mol. The molecule has 1 aliphatic carbocycles. The number of hydrogen-bond donors (Lipinski definition) is 1. The van der Waals surface area contributed by atoms with E-state index >= 15 is 0 Å². The largest absolute Gasteiger partial charge is 0.382 e. The normalized spacial score (nSPS) is 19.9. The molecular weight excluding hydrogens is 515 g/mol. The highest BCUT2D eigenvalue weighted by molar-refractivity contribution is 14.0. The van der Waals surface area contributed by atoms with Gasteiger partial charge in [-0.15, -0.1) is 24.0 Å². The van der Waals surface area contributed by atoms with E-state index in [1.54, 1.807) is 7.11 Å². The molecule has 1 saturated carbocycles. The molecule has 0 radical (unpaired) electrons. The van der Waals surface area contributed by atoms with Gasteiger partial charge in [0, 0.05) is 52.3 Å². The first-order chi connectivity index (χ1) is 15.2. The first-order valence-corrected chi connectivity index (χ1v) is 12.0. The summed E-state index contributed by atoms with van der Waals surface area (Å²) in [5, 5.41) is 3.61. The maximum atomic E-state index is 5.74. The number of ether oxygens (including phenoxy) is 2. The molecule has 182 valence electrons. The highest BCUT2D eigenvalue weighted by atomic mass is 127. The molecule has 0 aromatic heterocycles. The van der Waals surface area contributed by atoms with Gasteiger partial charge in [0.25, 0.3) is 0 Å². The van der Waals surface area contributed by atoms with Gasteiger partial charge < -0.3 is 19.7 Å². The average Bonchev–Trinajstić information content (AvgIpc) is 3.27. The van der Waals surface area contributed by atoms with Gasteiger partial charge in [-0.3, -0.25) is 9.89 Å². The van der Waals surface area contributed by atoms with Gasteiger partial charge in [-0.25, -0.2) is 0 Å². The summed E-state index contributed by atoms with van der Waals surface area (Å²) in [5.74, 6) is 1.56. The molecule has 32 heavy (non-hydrogen) atoms. The van der Waals surface area contributed by atoms with Crippen LogP contribution in [0.5, 0.6) is 0 Å².